The summed E-state index contributed by atoms with van der Waals surface area (Å²) >= 11 is 1.59. The number of nitrogens with zero attached hydrogens (tertiary/aromatic N) is 3. The Morgan fingerprint density at radius 1 is 1.13 bits per heavy atom. The van der Waals surface area contributed by atoms with Gasteiger partial charge in [0.25, 0.3) is 11.5 Å². The van der Waals surface area contributed by atoms with Gasteiger partial charge in [-0.25, -0.2) is 0 Å². The lowest BCUT2D eigenvalue weighted by molar-refractivity contribution is -0.131. The van der Waals surface area contributed by atoms with Crippen molar-refractivity contribution < 1.29 is 9.59 Å². The van der Waals surface area contributed by atoms with E-state index in [2.05, 4.69) is 6.08 Å². The second-order valence-corrected chi connectivity index (χ2v) is 9.12. The van der Waals surface area contributed by atoms with Crippen molar-refractivity contribution in [2.45, 2.75) is 44.7 Å². The van der Waals surface area contributed by atoms with Crippen LogP contribution < -0.4 is 5.56 Å². The van der Waals surface area contributed by atoms with E-state index in [1.807, 2.05) is 34.0 Å². The number of fused-ring (bicyclic) bond motifs is 1. The molecule has 7 heteroatoms. The number of carbonyl (C=O) groups is 2. The van der Waals surface area contributed by atoms with E-state index in [4.69, 9.17) is 0 Å². The zero-order valence-corrected chi connectivity index (χ0v) is 17.7. The van der Waals surface area contributed by atoms with E-state index in [0.29, 0.717) is 44.6 Å². The molecule has 2 aliphatic heterocycles. The molecule has 0 aromatic carbocycles. The maximum atomic E-state index is 13.3. The molecular formula is C23H25N3O3S. The minimum atomic E-state index is -0.159. The van der Waals surface area contributed by atoms with Gasteiger partial charge in [0.2, 0.25) is 5.91 Å². The molecule has 0 radical (unpaired) electrons. The van der Waals surface area contributed by atoms with E-state index >= 15 is 0 Å². The third kappa shape index (κ3) is 3.62. The van der Waals surface area contributed by atoms with Crippen LogP contribution >= 0.6 is 11.3 Å². The van der Waals surface area contributed by atoms with Gasteiger partial charge in [0.1, 0.15) is 5.56 Å². The van der Waals surface area contributed by atoms with Crippen LogP contribution in [0.3, 0.4) is 0 Å². The van der Waals surface area contributed by atoms with Gasteiger partial charge in [-0.05, 0) is 59.2 Å². The normalized spacial score (nSPS) is 18.4. The summed E-state index contributed by atoms with van der Waals surface area (Å²) in [5.41, 5.74) is 3.00. The molecule has 0 unspecified atom stereocenters. The Balaban J connectivity index is 1.47. The Labute approximate surface area is 179 Å². The van der Waals surface area contributed by atoms with Crippen LogP contribution in [0.2, 0.25) is 0 Å². The molecule has 0 bridgehead atoms. The molecule has 156 valence electrons. The summed E-state index contributed by atoms with van der Waals surface area (Å²) in [6.07, 6.45) is 9.68. The van der Waals surface area contributed by atoms with E-state index in [9.17, 15) is 14.4 Å². The molecular weight excluding hydrogens is 398 g/mol. The van der Waals surface area contributed by atoms with Crippen LogP contribution in [0.25, 0.3) is 0 Å². The molecule has 30 heavy (non-hydrogen) atoms. The second-order valence-electron chi connectivity index (χ2n) is 8.34. The molecule has 4 heterocycles. The predicted octanol–water partition coefficient (Wildman–Crippen LogP) is 2.77. The summed E-state index contributed by atoms with van der Waals surface area (Å²) < 4.78 is 1.75. The zero-order chi connectivity index (χ0) is 20.7. The third-order valence-corrected chi connectivity index (χ3v) is 6.95. The first-order valence-electron chi connectivity index (χ1n) is 10.6. The minimum absolute atomic E-state index is 0.0947. The summed E-state index contributed by atoms with van der Waals surface area (Å²) in [5.74, 6) is -0.0640. The van der Waals surface area contributed by atoms with Crippen molar-refractivity contribution in [2.75, 3.05) is 19.6 Å². The molecule has 0 atom stereocenters. The van der Waals surface area contributed by atoms with Crippen molar-refractivity contribution in [3.8, 4) is 0 Å². The number of pyridine rings is 1. The maximum absolute atomic E-state index is 13.3. The van der Waals surface area contributed by atoms with Crippen LogP contribution in [-0.4, -0.2) is 45.8 Å². The first-order chi connectivity index (χ1) is 14.6. The second kappa shape index (κ2) is 7.87. The Kier molecular flexibility index (Phi) is 5.06. The van der Waals surface area contributed by atoms with Crippen LogP contribution in [-0.2, 0) is 24.2 Å². The highest BCUT2D eigenvalue weighted by atomic mass is 32.1. The Morgan fingerprint density at radius 2 is 2.00 bits per heavy atom. The molecule has 1 aliphatic carbocycles. The molecule has 0 spiro atoms. The lowest BCUT2D eigenvalue weighted by Gasteiger charge is -2.32. The highest BCUT2D eigenvalue weighted by Gasteiger charge is 2.33. The van der Waals surface area contributed by atoms with Crippen molar-refractivity contribution in [1.82, 2.24) is 14.4 Å². The highest BCUT2D eigenvalue weighted by molar-refractivity contribution is 7.08. The number of hydrogen-bond acceptors (Lipinski definition) is 4. The van der Waals surface area contributed by atoms with E-state index in [1.165, 1.54) is 0 Å². The number of aromatic nitrogens is 1. The topological polar surface area (TPSA) is 62.6 Å². The quantitative estimate of drug-likeness (QED) is 0.711. The Hall–Kier alpha value is -2.67. The van der Waals surface area contributed by atoms with Gasteiger partial charge in [0.15, 0.2) is 0 Å². The number of hydrogen-bond donors (Lipinski definition) is 0. The molecule has 6 nitrogen and oxygen atoms in total. The molecule has 3 aliphatic rings. The first kappa shape index (κ1) is 19.3. The standard InChI is InChI=1S/C23H25N3O3S/c27-20(12-16-7-11-30-15-16)25-10-6-19-17(13-25)14-26(18-4-5-18)23(29)21(19)22(28)24-8-2-1-3-9-24/h1-2,7,11,14-15,18H,3-6,8-10,12-13H2. The van der Waals surface area contributed by atoms with Gasteiger partial charge in [0.05, 0.1) is 6.42 Å². The maximum Gasteiger partial charge on any atom is 0.263 e. The van der Waals surface area contributed by atoms with Crippen LogP contribution in [0.4, 0.5) is 0 Å². The molecule has 2 aromatic heterocycles. The van der Waals surface area contributed by atoms with Gasteiger partial charge < -0.3 is 14.4 Å². The molecule has 1 saturated carbocycles. The van der Waals surface area contributed by atoms with Crippen molar-refractivity contribution >= 4 is 23.2 Å². The van der Waals surface area contributed by atoms with E-state index in [1.54, 1.807) is 20.8 Å². The third-order valence-electron chi connectivity index (χ3n) is 6.21. The number of carbonyl (C=O) groups excluding carboxylic acids is 2. The van der Waals surface area contributed by atoms with Crippen molar-refractivity contribution in [3.05, 3.63) is 67.8 Å². The summed E-state index contributed by atoms with van der Waals surface area (Å²) in [6, 6.07) is 2.17. The fourth-order valence-electron chi connectivity index (χ4n) is 4.40. The van der Waals surface area contributed by atoms with Crippen molar-refractivity contribution in [2.24, 2.45) is 0 Å². The lowest BCUT2D eigenvalue weighted by Crippen LogP contribution is -2.43. The average molecular weight is 424 g/mol. The Bertz CT molecular complexity index is 1070. The highest BCUT2D eigenvalue weighted by Crippen LogP contribution is 2.35. The van der Waals surface area contributed by atoms with Gasteiger partial charge in [-0.1, -0.05) is 12.2 Å². The fourth-order valence-corrected chi connectivity index (χ4v) is 5.07. The molecule has 1 fully saturated rings. The van der Waals surface area contributed by atoms with Gasteiger partial charge >= 0.3 is 0 Å². The fraction of sp³-hybridized carbons (Fsp3) is 0.435. The zero-order valence-electron chi connectivity index (χ0n) is 16.9. The minimum Gasteiger partial charge on any atom is -0.338 e. The van der Waals surface area contributed by atoms with E-state index in [-0.39, 0.29) is 23.4 Å². The van der Waals surface area contributed by atoms with Gasteiger partial charge in [0, 0.05) is 38.4 Å². The average Bonchev–Trinajstić information content (AvgIpc) is 3.49. The lowest BCUT2D eigenvalue weighted by atomic mass is 9.95. The number of rotatable bonds is 4. The molecule has 0 saturated heterocycles. The van der Waals surface area contributed by atoms with Crippen LogP contribution in [0.5, 0.6) is 0 Å². The number of amides is 2. The van der Waals surface area contributed by atoms with E-state index < -0.39 is 0 Å². The number of thiophene rings is 1. The molecule has 2 aromatic rings. The van der Waals surface area contributed by atoms with Gasteiger partial charge in [-0.3, -0.25) is 14.4 Å². The predicted molar refractivity (Wildman–Crippen MR) is 116 cm³/mol. The van der Waals surface area contributed by atoms with Crippen LogP contribution in [0.15, 0.2) is 40.0 Å². The molecule has 2 amide bonds. The van der Waals surface area contributed by atoms with Crippen molar-refractivity contribution in [3.63, 3.8) is 0 Å². The largest absolute Gasteiger partial charge is 0.338 e. The summed E-state index contributed by atoms with van der Waals surface area (Å²) in [6.45, 7) is 2.21. The summed E-state index contributed by atoms with van der Waals surface area (Å²) in [5, 5.41) is 3.99. The SMILES string of the molecule is O=C(Cc1ccsc1)N1CCc2c(cn(C3CC3)c(=O)c2C(=O)N2CC=CCC2)C1. The van der Waals surface area contributed by atoms with Gasteiger partial charge in [-0.2, -0.15) is 11.3 Å². The van der Waals surface area contributed by atoms with Gasteiger partial charge in [-0.15, -0.1) is 0 Å². The molecule has 0 N–H and O–H groups in total. The Morgan fingerprint density at radius 3 is 2.70 bits per heavy atom. The monoisotopic (exact) mass is 423 g/mol. The summed E-state index contributed by atoms with van der Waals surface area (Å²) in [7, 11) is 0. The van der Waals surface area contributed by atoms with Crippen LogP contribution in [0.1, 0.15) is 52.4 Å². The summed E-state index contributed by atoms with van der Waals surface area (Å²) in [4.78, 5) is 43.0. The first-order valence-corrected chi connectivity index (χ1v) is 11.6. The smallest absolute Gasteiger partial charge is 0.263 e. The van der Waals surface area contributed by atoms with Crippen molar-refractivity contribution in [1.29, 1.82) is 0 Å². The van der Waals surface area contributed by atoms with Crippen LogP contribution in [0, 0.1) is 0 Å². The van der Waals surface area contributed by atoms with E-state index in [0.717, 1.165) is 36.0 Å². The molecule has 5 rings (SSSR count).